The van der Waals surface area contributed by atoms with Gasteiger partial charge in [0.05, 0.1) is 18.7 Å². The number of carboxylic acid groups (broad SMARTS) is 1. The summed E-state index contributed by atoms with van der Waals surface area (Å²) < 4.78 is 0. The Morgan fingerprint density at radius 2 is 1.64 bits per heavy atom. The fraction of sp³-hybridized carbons (Fsp3) is 0.450. The number of rotatable bonds is 13. The zero-order valence-electron chi connectivity index (χ0n) is 18.0. The highest BCUT2D eigenvalue weighted by molar-refractivity contribution is 5.93. The molecule has 4 unspecified atom stereocenters. The maximum absolute atomic E-state index is 12.4. The summed E-state index contributed by atoms with van der Waals surface area (Å²) in [6.45, 7) is 0.609. The number of aromatic hydroxyl groups is 1. The Labute approximate surface area is 189 Å². The van der Waals surface area contributed by atoms with Crippen molar-refractivity contribution in [2.24, 2.45) is 11.5 Å². The Morgan fingerprint density at radius 3 is 2.15 bits per heavy atom. The number of benzene rings is 1. The Hall–Kier alpha value is -3.71. The summed E-state index contributed by atoms with van der Waals surface area (Å²) in [5.74, 6) is -4.55. The van der Waals surface area contributed by atoms with Crippen LogP contribution in [0.2, 0.25) is 0 Å². The molecule has 182 valence electrons. The molecule has 0 aliphatic rings. The Kier molecular flexibility index (Phi) is 10.7. The number of aliphatic carboxylic acids is 1. The molecule has 13 nitrogen and oxygen atoms in total. The molecule has 4 amide bonds. The smallest absolute Gasteiger partial charge is 0.326 e. The van der Waals surface area contributed by atoms with Crippen LogP contribution in [0.5, 0.6) is 5.75 Å². The van der Waals surface area contributed by atoms with Crippen molar-refractivity contribution in [1.82, 2.24) is 16.0 Å². The molecule has 0 spiro atoms. The molecule has 33 heavy (non-hydrogen) atoms. The summed E-state index contributed by atoms with van der Waals surface area (Å²) in [4.78, 5) is 58.6. The summed E-state index contributed by atoms with van der Waals surface area (Å²) in [6.07, 6.45) is -1.72. The molecule has 0 aromatic heterocycles. The van der Waals surface area contributed by atoms with Gasteiger partial charge in [0.2, 0.25) is 23.6 Å². The predicted octanol–water partition coefficient (Wildman–Crippen LogP) is -2.92. The van der Waals surface area contributed by atoms with Crippen molar-refractivity contribution in [3.05, 3.63) is 29.8 Å². The zero-order chi connectivity index (χ0) is 25.1. The second-order valence-corrected chi connectivity index (χ2v) is 7.39. The highest BCUT2D eigenvalue weighted by atomic mass is 16.4. The molecule has 0 fully saturated rings. The van der Waals surface area contributed by atoms with Crippen LogP contribution in [0.3, 0.4) is 0 Å². The highest BCUT2D eigenvalue weighted by Gasteiger charge is 2.28. The topological polar surface area (TPSA) is 234 Å². The van der Waals surface area contributed by atoms with E-state index in [0.29, 0.717) is 5.56 Å². The van der Waals surface area contributed by atoms with Crippen molar-refractivity contribution in [3.8, 4) is 5.75 Å². The number of carboxylic acids is 1. The number of carbonyl (C=O) groups is 5. The van der Waals surface area contributed by atoms with Crippen LogP contribution in [-0.4, -0.2) is 75.7 Å². The monoisotopic (exact) mass is 467 g/mol. The van der Waals surface area contributed by atoms with Crippen LogP contribution in [0.15, 0.2) is 24.3 Å². The van der Waals surface area contributed by atoms with E-state index >= 15 is 0 Å². The first-order chi connectivity index (χ1) is 15.4. The first kappa shape index (κ1) is 27.3. The second kappa shape index (κ2) is 13.0. The number of primary amides is 1. The minimum Gasteiger partial charge on any atom is -0.508 e. The molecule has 1 rings (SSSR count). The predicted molar refractivity (Wildman–Crippen MR) is 114 cm³/mol. The number of carbonyl (C=O) groups excluding carboxylic acids is 4. The molecule has 1 aromatic carbocycles. The number of hydrogen-bond donors (Lipinski definition) is 8. The quantitative estimate of drug-likeness (QED) is 0.148. The molecule has 4 atom stereocenters. The van der Waals surface area contributed by atoms with Gasteiger partial charge in [-0.15, -0.1) is 0 Å². The van der Waals surface area contributed by atoms with Gasteiger partial charge in [0.15, 0.2) is 0 Å². The fourth-order valence-electron chi connectivity index (χ4n) is 2.71. The van der Waals surface area contributed by atoms with Crippen molar-refractivity contribution in [3.63, 3.8) is 0 Å². The molecule has 13 heteroatoms. The van der Waals surface area contributed by atoms with Crippen LogP contribution in [0.25, 0.3) is 0 Å². The second-order valence-electron chi connectivity index (χ2n) is 7.39. The van der Waals surface area contributed by atoms with Gasteiger partial charge in [0, 0.05) is 6.42 Å². The minimum atomic E-state index is -1.43. The summed E-state index contributed by atoms with van der Waals surface area (Å²) in [5.41, 5.74) is 11.5. The number of phenolic OH excluding ortho intramolecular Hbond substituents is 1. The Morgan fingerprint density at radius 1 is 1.03 bits per heavy atom. The number of phenols is 1. The van der Waals surface area contributed by atoms with Crippen LogP contribution in [-0.2, 0) is 30.4 Å². The SMILES string of the molecule is CC(O)C(NC(=O)C(N)Cc1ccc(O)cc1)C(=O)NCC(=O)NC(CCC(N)=O)C(=O)O. The largest absolute Gasteiger partial charge is 0.508 e. The van der Waals surface area contributed by atoms with Crippen molar-refractivity contribution in [1.29, 1.82) is 0 Å². The van der Waals surface area contributed by atoms with E-state index in [2.05, 4.69) is 16.0 Å². The third kappa shape index (κ3) is 9.97. The first-order valence-corrected chi connectivity index (χ1v) is 10.0. The van der Waals surface area contributed by atoms with E-state index in [1.807, 2.05) is 0 Å². The molecule has 0 aliphatic carbocycles. The third-order valence-corrected chi connectivity index (χ3v) is 4.53. The van der Waals surface area contributed by atoms with Gasteiger partial charge >= 0.3 is 5.97 Å². The molecule has 0 radical (unpaired) electrons. The van der Waals surface area contributed by atoms with Crippen molar-refractivity contribution in [2.75, 3.05) is 6.54 Å². The summed E-state index contributed by atoms with van der Waals surface area (Å²) in [6, 6.07) is 2.14. The van der Waals surface area contributed by atoms with E-state index in [1.165, 1.54) is 19.1 Å². The van der Waals surface area contributed by atoms with E-state index in [0.717, 1.165) is 0 Å². The number of amides is 4. The van der Waals surface area contributed by atoms with Crippen molar-refractivity contribution in [2.45, 2.75) is 50.4 Å². The number of nitrogens with one attached hydrogen (secondary N) is 3. The number of aliphatic hydroxyl groups excluding tert-OH is 1. The number of hydrogen-bond acceptors (Lipinski definition) is 8. The lowest BCUT2D eigenvalue weighted by atomic mass is 10.0. The zero-order valence-corrected chi connectivity index (χ0v) is 18.0. The summed E-state index contributed by atoms with van der Waals surface area (Å²) in [7, 11) is 0. The van der Waals surface area contributed by atoms with Gasteiger partial charge in [-0.1, -0.05) is 12.1 Å². The Balaban J connectivity index is 2.62. The van der Waals surface area contributed by atoms with Crippen LogP contribution in [0.4, 0.5) is 0 Å². The van der Waals surface area contributed by atoms with Gasteiger partial charge in [-0.05, 0) is 37.5 Å². The summed E-state index contributed by atoms with van der Waals surface area (Å²) in [5, 5.41) is 34.9. The molecular weight excluding hydrogens is 438 g/mol. The third-order valence-electron chi connectivity index (χ3n) is 4.53. The van der Waals surface area contributed by atoms with E-state index in [-0.39, 0.29) is 25.0 Å². The average Bonchev–Trinajstić information content (AvgIpc) is 2.73. The van der Waals surface area contributed by atoms with Crippen LogP contribution >= 0.6 is 0 Å². The van der Waals surface area contributed by atoms with Gasteiger partial charge < -0.3 is 42.7 Å². The van der Waals surface area contributed by atoms with Gasteiger partial charge in [-0.2, -0.15) is 0 Å². The van der Waals surface area contributed by atoms with Crippen LogP contribution in [0.1, 0.15) is 25.3 Å². The lowest BCUT2D eigenvalue weighted by molar-refractivity contribution is -0.142. The van der Waals surface area contributed by atoms with Gasteiger partial charge in [0.25, 0.3) is 0 Å². The first-order valence-electron chi connectivity index (χ1n) is 10.0. The highest BCUT2D eigenvalue weighted by Crippen LogP contribution is 2.11. The van der Waals surface area contributed by atoms with E-state index in [1.54, 1.807) is 12.1 Å². The minimum absolute atomic E-state index is 0.0502. The van der Waals surface area contributed by atoms with Crippen molar-refractivity contribution >= 4 is 29.6 Å². The lowest BCUT2D eigenvalue weighted by Gasteiger charge is -2.23. The molecule has 0 heterocycles. The average molecular weight is 467 g/mol. The van der Waals surface area contributed by atoms with Gasteiger partial charge in [-0.3, -0.25) is 19.2 Å². The van der Waals surface area contributed by atoms with E-state index < -0.39 is 60.4 Å². The van der Waals surface area contributed by atoms with Crippen LogP contribution < -0.4 is 27.4 Å². The maximum atomic E-state index is 12.4. The number of nitrogens with two attached hydrogens (primary N) is 2. The Bertz CT molecular complexity index is 859. The van der Waals surface area contributed by atoms with Crippen LogP contribution in [0, 0.1) is 0 Å². The molecule has 10 N–H and O–H groups in total. The molecule has 0 saturated heterocycles. The number of aliphatic hydroxyl groups is 1. The van der Waals surface area contributed by atoms with Gasteiger partial charge in [0.1, 0.15) is 17.8 Å². The van der Waals surface area contributed by atoms with E-state index in [9.17, 15) is 34.2 Å². The molecule has 0 aliphatic heterocycles. The van der Waals surface area contributed by atoms with E-state index in [4.69, 9.17) is 16.6 Å². The lowest BCUT2D eigenvalue weighted by Crippen LogP contribution is -2.57. The molecule has 0 bridgehead atoms. The molecular formula is C20H29N5O8. The molecule has 1 aromatic rings. The standard InChI is InChI=1S/C20H29N5O8/c1-10(26)17(25-18(30)13(21)8-11-2-4-12(27)5-3-11)19(31)23-9-16(29)24-14(20(32)33)6-7-15(22)28/h2-5,10,13-14,17,26-27H,6-9,21H2,1H3,(H2,22,28)(H,23,31)(H,24,29)(H,25,30)(H,32,33). The van der Waals surface area contributed by atoms with Gasteiger partial charge in [-0.25, -0.2) is 4.79 Å². The van der Waals surface area contributed by atoms with Crippen molar-refractivity contribution < 1.29 is 39.3 Å². The maximum Gasteiger partial charge on any atom is 0.326 e. The normalized spacial score (nSPS) is 14.3. The fourth-order valence-corrected chi connectivity index (χ4v) is 2.71. The summed E-state index contributed by atoms with van der Waals surface area (Å²) >= 11 is 0. The molecule has 0 saturated carbocycles.